The van der Waals surface area contributed by atoms with Crippen LogP contribution in [0.1, 0.15) is 0 Å². The number of hydrogen-bond acceptors (Lipinski definition) is 4. The van der Waals surface area contributed by atoms with Crippen LogP contribution in [0.4, 0.5) is 0 Å². The molecule has 11 heavy (non-hydrogen) atoms. The highest BCUT2D eigenvalue weighted by Crippen LogP contribution is 2.18. The van der Waals surface area contributed by atoms with E-state index in [1.54, 1.807) is 0 Å². The summed E-state index contributed by atoms with van der Waals surface area (Å²) in [6.07, 6.45) is 1.43. The SMILES string of the molecule is NSc1ccc2ncoc2c1. The predicted molar refractivity (Wildman–Crippen MR) is 44.1 cm³/mol. The van der Waals surface area contributed by atoms with Gasteiger partial charge in [0.05, 0.1) is 0 Å². The maximum Gasteiger partial charge on any atom is 0.181 e. The molecule has 0 aliphatic rings. The second kappa shape index (κ2) is 2.56. The number of aromatic nitrogens is 1. The first-order valence-corrected chi connectivity index (χ1v) is 3.98. The molecule has 56 valence electrons. The molecule has 0 aliphatic heterocycles. The minimum absolute atomic E-state index is 0.778. The van der Waals surface area contributed by atoms with Gasteiger partial charge in [0.25, 0.3) is 0 Å². The molecule has 1 aromatic carbocycles. The van der Waals surface area contributed by atoms with E-state index < -0.39 is 0 Å². The van der Waals surface area contributed by atoms with Crippen molar-refractivity contribution in [2.45, 2.75) is 4.90 Å². The number of hydrogen-bond donors (Lipinski definition) is 1. The normalized spacial score (nSPS) is 10.6. The fourth-order valence-electron chi connectivity index (χ4n) is 0.909. The van der Waals surface area contributed by atoms with Crippen molar-refractivity contribution in [3.63, 3.8) is 0 Å². The number of benzene rings is 1. The Morgan fingerprint density at radius 3 is 3.18 bits per heavy atom. The van der Waals surface area contributed by atoms with Gasteiger partial charge in [-0.05, 0) is 30.1 Å². The van der Waals surface area contributed by atoms with Crippen LogP contribution in [0.25, 0.3) is 11.1 Å². The van der Waals surface area contributed by atoms with Crippen LogP contribution in [0.15, 0.2) is 33.9 Å². The fourth-order valence-corrected chi connectivity index (χ4v) is 1.23. The zero-order chi connectivity index (χ0) is 7.68. The van der Waals surface area contributed by atoms with Gasteiger partial charge >= 0.3 is 0 Å². The van der Waals surface area contributed by atoms with Gasteiger partial charge in [-0.3, -0.25) is 5.14 Å². The molecule has 3 nitrogen and oxygen atoms in total. The summed E-state index contributed by atoms with van der Waals surface area (Å²) in [4.78, 5) is 4.96. The zero-order valence-corrected chi connectivity index (χ0v) is 6.47. The first kappa shape index (κ1) is 6.69. The van der Waals surface area contributed by atoms with Crippen molar-refractivity contribution in [1.29, 1.82) is 0 Å². The van der Waals surface area contributed by atoms with Gasteiger partial charge in [-0.15, -0.1) is 0 Å². The third-order valence-corrected chi connectivity index (χ3v) is 1.96. The lowest BCUT2D eigenvalue weighted by Gasteiger charge is -1.91. The molecule has 0 atom stereocenters. The van der Waals surface area contributed by atoms with E-state index in [-0.39, 0.29) is 0 Å². The third-order valence-electron chi connectivity index (χ3n) is 1.44. The summed E-state index contributed by atoms with van der Waals surface area (Å²) in [5.74, 6) is 0. The lowest BCUT2D eigenvalue weighted by Crippen LogP contribution is -1.77. The summed E-state index contributed by atoms with van der Waals surface area (Å²) in [5.41, 5.74) is 1.64. The summed E-state index contributed by atoms with van der Waals surface area (Å²) in [7, 11) is 0. The molecule has 1 aromatic heterocycles. The lowest BCUT2D eigenvalue weighted by molar-refractivity contribution is 0.601. The van der Waals surface area contributed by atoms with Crippen molar-refractivity contribution in [1.82, 2.24) is 4.98 Å². The fraction of sp³-hybridized carbons (Fsp3) is 0. The molecule has 0 bridgehead atoms. The van der Waals surface area contributed by atoms with Gasteiger partial charge < -0.3 is 4.42 Å². The van der Waals surface area contributed by atoms with E-state index in [2.05, 4.69) is 4.98 Å². The molecule has 2 aromatic rings. The summed E-state index contributed by atoms with van der Waals surface area (Å²) in [6, 6.07) is 5.66. The number of rotatable bonds is 1. The van der Waals surface area contributed by atoms with Crippen LogP contribution < -0.4 is 5.14 Å². The van der Waals surface area contributed by atoms with E-state index in [4.69, 9.17) is 9.56 Å². The highest BCUT2D eigenvalue weighted by molar-refractivity contribution is 7.97. The Hall–Kier alpha value is -1.00. The van der Waals surface area contributed by atoms with Crippen molar-refractivity contribution in [2.75, 3.05) is 0 Å². The molecule has 0 saturated carbocycles. The van der Waals surface area contributed by atoms with Gasteiger partial charge in [-0.25, -0.2) is 4.98 Å². The molecule has 0 unspecified atom stereocenters. The van der Waals surface area contributed by atoms with Crippen LogP contribution in [0.5, 0.6) is 0 Å². The van der Waals surface area contributed by atoms with Crippen LogP contribution in [-0.4, -0.2) is 4.98 Å². The first-order chi connectivity index (χ1) is 5.40. The van der Waals surface area contributed by atoms with Crippen molar-refractivity contribution in [2.24, 2.45) is 5.14 Å². The molecular formula is C7H6N2OS. The molecule has 0 aliphatic carbocycles. The van der Waals surface area contributed by atoms with Gasteiger partial charge in [0.2, 0.25) is 0 Å². The van der Waals surface area contributed by atoms with Crippen molar-refractivity contribution >= 4 is 23.0 Å². The number of oxazole rings is 1. The molecule has 0 saturated heterocycles. The summed E-state index contributed by atoms with van der Waals surface area (Å²) < 4.78 is 5.08. The van der Waals surface area contributed by atoms with Gasteiger partial charge in [0, 0.05) is 4.90 Å². The number of nitrogens with zero attached hydrogens (tertiary/aromatic N) is 1. The van der Waals surface area contributed by atoms with Crippen molar-refractivity contribution in [3.8, 4) is 0 Å². The summed E-state index contributed by atoms with van der Waals surface area (Å²) >= 11 is 1.20. The molecular weight excluding hydrogens is 160 g/mol. The Kier molecular flexibility index (Phi) is 1.56. The van der Waals surface area contributed by atoms with Gasteiger partial charge in [-0.1, -0.05) is 0 Å². The molecule has 0 fully saturated rings. The van der Waals surface area contributed by atoms with Gasteiger partial charge in [0.15, 0.2) is 12.0 Å². The minimum atomic E-state index is 0.778. The van der Waals surface area contributed by atoms with Crippen molar-refractivity contribution < 1.29 is 4.42 Å². The van der Waals surface area contributed by atoms with E-state index in [9.17, 15) is 0 Å². The first-order valence-electron chi connectivity index (χ1n) is 3.10. The van der Waals surface area contributed by atoms with E-state index in [1.165, 1.54) is 18.3 Å². The zero-order valence-electron chi connectivity index (χ0n) is 5.65. The maximum atomic E-state index is 5.36. The lowest BCUT2D eigenvalue weighted by atomic mass is 10.3. The molecule has 2 N–H and O–H groups in total. The third kappa shape index (κ3) is 1.10. The van der Waals surface area contributed by atoms with Crippen LogP contribution in [0.3, 0.4) is 0 Å². The Labute approximate surface area is 67.7 Å². The van der Waals surface area contributed by atoms with E-state index in [0.29, 0.717) is 0 Å². The predicted octanol–water partition coefficient (Wildman–Crippen LogP) is 1.79. The van der Waals surface area contributed by atoms with Crippen molar-refractivity contribution in [3.05, 3.63) is 24.6 Å². The molecule has 2 rings (SSSR count). The largest absolute Gasteiger partial charge is 0.443 e. The second-order valence-corrected chi connectivity index (χ2v) is 2.81. The Bertz CT molecular complexity index is 371. The molecule has 0 amide bonds. The highest BCUT2D eigenvalue weighted by atomic mass is 32.2. The van der Waals surface area contributed by atoms with Crippen LogP contribution in [0.2, 0.25) is 0 Å². The number of nitrogens with two attached hydrogens (primary N) is 1. The Morgan fingerprint density at radius 2 is 2.36 bits per heavy atom. The Morgan fingerprint density at radius 1 is 1.45 bits per heavy atom. The smallest absolute Gasteiger partial charge is 0.181 e. The highest BCUT2D eigenvalue weighted by Gasteiger charge is 1.98. The summed E-state index contributed by atoms with van der Waals surface area (Å²) in [5, 5.41) is 5.36. The minimum Gasteiger partial charge on any atom is -0.443 e. The Balaban J connectivity index is 2.67. The van der Waals surface area contributed by atoms with E-state index >= 15 is 0 Å². The summed E-state index contributed by atoms with van der Waals surface area (Å²) in [6.45, 7) is 0. The molecule has 0 radical (unpaired) electrons. The average Bonchev–Trinajstić information content (AvgIpc) is 2.50. The topological polar surface area (TPSA) is 52.0 Å². The molecule has 0 spiro atoms. The van der Waals surface area contributed by atoms with Gasteiger partial charge in [-0.2, -0.15) is 0 Å². The van der Waals surface area contributed by atoms with Crippen LogP contribution in [-0.2, 0) is 0 Å². The quantitative estimate of drug-likeness (QED) is 0.656. The molecule has 1 heterocycles. The van der Waals surface area contributed by atoms with E-state index in [0.717, 1.165) is 16.0 Å². The maximum absolute atomic E-state index is 5.36. The number of fused-ring (bicyclic) bond motifs is 1. The van der Waals surface area contributed by atoms with Crippen LogP contribution >= 0.6 is 11.9 Å². The van der Waals surface area contributed by atoms with E-state index in [1.807, 2.05) is 18.2 Å². The monoisotopic (exact) mass is 166 g/mol. The average molecular weight is 166 g/mol. The van der Waals surface area contributed by atoms with Gasteiger partial charge in [0.1, 0.15) is 5.52 Å². The van der Waals surface area contributed by atoms with Crippen LogP contribution in [0, 0.1) is 0 Å². The second-order valence-electron chi connectivity index (χ2n) is 2.10. The standard InChI is InChI=1S/C7H6N2OS/c8-11-5-1-2-6-7(3-5)10-4-9-6/h1-4H,8H2. The molecule has 4 heteroatoms.